The Hall–Kier alpha value is -2.21. The van der Waals surface area contributed by atoms with E-state index in [2.05, 4.69) is 4.98 Å². The maximum atomic E-state index is 12.9. The molecule has 0 bridgehead atoms. The second kappa shape index (κ2) is 9.82. The van der Waals surface area contributed by atoms with Gasteiger partial charge in [0.25, 0.3) is 0 Å². The highest BCUT2D eigenvalue weighted by molar-refractivity contribution is 7.92. The molecule has 5 nitrogen and oxygen atoms in total. The zero-order valence-electron chi connectivity index (χ0n) is 16.2. The molecule has 28 heavy (non-hydrogen) atoms. The molecule has 0 N–H and O–H groups in total. The van der Waals surface area contributed by atoms with Gasteiger partial charge in [-0.25, -0.2) is 8.42 Å². The predicted molar refractivity (Wildman–Crippen MR) is 111 cm³/mol. The van der Waals surface area contributed by atoms with Crippen LogP contribution in [0.1, 0.15) is 49.3 Å². The second-order valence-electron chi connectivity index (χ2n) is 7.41. The van der Waals surface area contributed by atoms with Crippen LogP contribution >= 0.6 is 0 Å². The van der Waals surface area contributed by atoms with Crippen LogP contribution in [0.25, 0.3) is 0 Å². The maximum Gasteiger partial charge on any atom is 0.238 e. The Morgan fingerprint density at radius 2 is 1.79 bits per heavy atom. The molecule has 150 valence electrons. The Morgan fingerprint density at radius 1 is 1.04 bits per heavy atom. The number of carbonyl (C=O) groups is 1. The third-order valence-electron chi connectivity index (χ3n) is 5.27. The lowest BCUT2D eigenvalue weighted by Crippen LogP contribution is -2.39. The number of aromatic nitrogens is 1. The highest BCUT2D eigenvalue weighted by Gasteiger charge is 2.29. The zero-order chi connectivity index (χ0) is 19.8. The predicted octanol–water partition coefficient (Wildman–Crippen LogP) is 3.57. The van der Waals surface area contributed by atoms with Gasteiger partial charge in [0, 0.05) is 18.9 Å². The summed E-state index contributed by atoms with van der Waals surface area (Å²) >= 11 is 0. The first-order chi connectivity index (χ1) is 13.6. The lowest BCUT2D eigenvalue weighted by molar-refractivity contribution is -0.130. The van der Waals surface area contributed by atoms with Crippen LogP contribution in [-0.2, 0) is 21.1 Å². The highest BCUT2D eigenvalue weighted by atomic mass is 32.2. The number of sulfone groups is 1. The van der Waals surface area contributed by atoms with E-state index in [9.17, 15) is 13.2 Å². The fraction of sp³-hybridized carbons (Fsp3) is 0.455. The van der Waals surface area contributed by atoms with Crippen molar-refractivity contribution in [3.8, 4) is 0 Å². The third-order valence-corrected chi connectivity index (χ3v) is 6.87. The number of nitrogens with zero attached hydrogens (tertiary/aromatic N) is 2. The van der Waals surface area contributed by atoms with Crippen molar-refractivity contribution >= 4 is 15.7 Å². The Kier molecular flexibility index (Phi) is 7.20. The van der Waals surface area contributed by atoms with Crippen molar-refractivity contribution in [3.63, 3.8) is 0 Å². The van der Waals surface area contributed by atoms with Crippen LogP contribution in [0.4, 0.5) is 0 Å². The topological polar surface area (TPSA) is 67.3 Å². The average molecular weight is 401 g/mol. The van der Waals surface area contributed by atoms with Crippen molar-refractivity contribution in [2.24, 2.45) is 0 Å². The molecule has 2 heterocycles. The van der Waals surface area contributed by atoms with Crippen LogP contribution in [0.3, 0.4) is 0 Å². The average Bonchev–Trinajstić information content (AvgIpc) is 2.95. The first-order valence-electron chi connectivity index (χ1n) is 9.99. The van der Waals surface area contributed by atoms with Crippen molar-refractivity contribution in [1.82, 2.24) is 9.88 Å². The van der Waals surface area contributed by atoms with E-state index in [-0.39, 0.29) is 17.7 Å². The van der Waals surface area contributed by atoms with E-state index in [1.807, 2.05) is 42.5 Å². The monoisotopic (exact) mass is 400 g/mol. The molecule has 1 amide bonds. The molecule has 1 atom stereocenters. The number of benzene rings is 1. The van der Waals surface area contributed by atoms with E-state index >= 15 is 0 Å². The number of carbonyl (C=O) groups excluding carboxylic acids is 1. The summed E-state index contributed by atoms with van der Waals surface area (Å²) < 4.78 is 25.1. The van der Waals surface area contributed by atoms with Gasteiger partial charge in [-0.1, -0.05) is 43.2 Å². The summed E-state index contributed by atoms with van der Waals surface area (Å²) in [7, 11) is -3.42. The molecule has 2 aromatic rings. The minimum absolute atomic E-state index is 0.0431. The van der Waals surface area contributed by atoms with Crippen molar-refractivity contribution in [2.45, 2.75) is 44.6 Å². The summed E-state index contributed by atoms with van der Waals surface area (Å²) in [5.41, 5.74) is 2.15. The standard InChI is InChI=1S/C22H28N2O3S/c25-22(18-28(26,27)17-7-10-19-8-3-1-4-9-19)24-16-6-2-5-11-21(24)20-12-14-23-15-13-20/h1,3-4,8-9,12-15,21H,2,5-7,10-11,16-18H2. The molecular formula is C22H28N2O3S. The van der Waals surface area contributed by atoms with E-state index in [4.69, 9.17) is 0 Å². The molecule has 1 aromatic heterocycles. The molecule has 1 unspecified atom stereocenters. The van der Waals surface area contributed by atoms with E-state index in [0.29, 0.717) is 19.4 Å². The summed E-state index contributed by atoms with van der Waals surface area (Å²) in [6.07, 6.45) is 8.58. The van der Waals surface area contributed by atoms with Gasteiger partial charge in [0.2, 0.25) is 5.91 Å². The Balaban J connectivity index is 1.62. The molecule has 3 rings (SSSR count). The number of hydrogen-bond acceptors (Lipinski definition) is 4. The fourth-order valence-electron chi connectivity index (χ4n) is 3.82. The molecule has 1 fully saturated rings. The first-order valence-corrected chi connectivity index (χ1v) is 11.8. The van der Waals surface area contributed by atoms with E-state index < -0.39 is 15.6 Å². The SMILES string of the molecule is O=C(CS(=O)(=O)CCCc1ccccc1)N1CCCCCC1c1ccncc1. The third kappa shape index (κ3) is 5.89. The zero-order valence-corrected chi connectivity index (χ0v) is 17.0. The smallest absolute Gasteiger partial charge is 0.238 e. The number of aryl methyl sites for hydroxylation is 1. The van der Waals surface area contributed by atoms with Crippen LogP contribution < -0.4 is 0 Å². The molecule has 0 aliphatic carbocycles. The van der Waals surface area contributed by atoms with Gasteiger partial charge >= 0.3 is 0 Å². The molecule has 0 saturated carbocycles. The van der Waals surface area contributed by atoms with Gasteiger partial charge in [0.05, 0.1) is 11.8 Å². The summed E-state index contributed by atoms with van der Waals surface area (Å²) in [4.78, 5) is 18.7. The molecule has 1 aliphatic rings. The van der Waals surface area contributed by atoms with E-state index in [1.54, 1.807) is 17.3 Å². The number of rotatable bonds is 7. The van der Waals surface area contributed by atoms with Crippen LogP contribution in [0.2, 0.25) is 0 Å². The molecule has 0 spiro atoms. The summed E-state index contributed by atoms with van der Waals surface area (Å²) in [5.74, 6) is -0.631. The minimum Gasteiger partial charge on any atom is -0.335 e. The summed E-state index contributed by atoms with van der Waals surface area (Å²) in [6.45, 7) is 0.616. The van der Waals surface area contributed by atoms with Gasteiger partial charge in [0.15, 0.2) is 9.84 Å². The second-order valence-corrected chi connectivity index (χ2v) is 9.60. The normalized spacial score (nSPS) is 17.9. The van der Waals surface area contributed by atoms with Crippen molar-refractivity contribution in [3.05, 3.63) is 66.0 Å². The van der Waals surface area contributed by atoms with Crippen molar-refractivity contribution < 1.29 is 13.2 Å². The van der Waals surface area contributed by atoms with Gasteiger partial charge in [-0.15, -0.1) is 0 Å². The Labute approximate surface area is 167 Å². The van der Waals surface area contributed by atoms with E-state index in [1.165, 1.54) is 0 Å². The lowest BCUT2D eigenvalue weighted by atomic mass is 10.0. The number of pyridine rings is 1. The van der Waals surface area contributed by atoms with Gasteiger partial charge < -0.3 is 4.90 Å². The molecule has 1 aliphatic heterocycles. The summed E-state index contributed by atoms with van der Waals surface area (Å²) in [5, 5.41) is 0. The minimum atomic E-state index is -3.42. The first kappa shape index (κ1) is 20.5. The van der Waals surface area contributed by atoms with Crippen LogP contribution in [0.5, 0.6) is 0 Å². The Morgan fingerprint density at radius 3 is 2.54 bits per heavy atom. The molecule has 6 heteroatoms. The molecule has 0 radical (unpaired) electrons. The number of amides is 1. The van der Waals surface area contributed by atoms with Gasteiger partial charge in [-0.2, -0.15) is 0 Å². The summed E-state index contributed by atoms with van der Waals surface area (Å²) in [6, 6.07) is 13.6. The van der Waals surface area contributed by atoms with Gasteiger partial charge in [-0.3, -0.25) is 9.78 Å². The quantitative estimate of drug-likeness (QED) is 0.713. The van der Waals surface area contributed by atoms with Crippen molar-refractivity contribution in [1.29, 1.82) is 0 Å². The maximum absolute atomic E-state index is 12.9. The molecular weight excluding hydrogens is 372 g/mol. The number of likely N-dealkylation sites (tertiary alicyclic amines) is 1. The highest BCUT2D eigenvalue weighted by Crippen LogP contribution is 2.30. The number of hydrogen-bond donors (Lipinski definition) is 0. The van der Waals surface area contributed by atoms with Gasteiger partial charge in [-0.05, 0) is 48.9 Å². The lowest BCUT2D eigenvalue weighted by Gasteiger charge is -2.30. The fourth-order valence-corrected chi connectivity index (χ4v) is 5.09. The van der Waals surface area contributed by atoms with E-state index in [0.717, 1.165) is 36.8 Å². The van der Waals surface area contributed by atoms with Crippen LogP contribution in [-0.4, -0.2) is 42.3 Å². The molecule has 1 saturated heterocycles. The Bertz CT molecular complexity index is 854. The van der Waals surface area contributed by atoms with Crippen molar-refractivity contribution in [2.75, 3.05) is 18.1 Å². The van der Waals surface area contributed by atoms with Crippen LogP contribution in [0, 0.1) is 0 Å². The molecule has 1 aromatic carbocycles. The largest absolute Gasteiger partial charge is 0.335 e. The van der Waals surface area contributed by atoms with Gasteiger partial charge in [0.1, 0.15) is 5.75 Å². The van der Waals surface area contributed by atoms with Crippen LogP contribution in [0.15, 0.2) is 54.9 Å².